The molecule has 1 atom stereocenters. The quantitative estimate of drug-likeness (QED) is 0.691. The van der Waals surface area contributed by atoms with E-state index < -0.39 is 6.43 Å². The number of alkyl halides is 2. The van der Waals surface area contributed by atoms with Crippen LogP contribution in [0.5, 0.6) is 0 Å². The number of halogens is 2. The number of aryl methyl sites for hydroxylation is 1. The minimum atomic E-state index is -2.50. The van der Waals surface area contributed by atoms with Gasteiger partial charge in [0.25, 0.3) is 6.43 Å². The summed E-state index contributed by atoms with van der Waals surface area (Å²) < 4.78 is 31.5. The first kappa shape index (κ1) is 19.4. The van der Waals surface area contributed by atoms with E-state index in [9.17, 15) is 8.78 Å². The van der Waals surface area contributed by atoms with Crippen LogP contribution in [0.4, 0.5) is 20.3 Å². The Kier molecular flexibility index (Phi) is 5.53. The lowest BCUT2D eigenvalue weighted by Gasteiger charge is -2.28. The molecule has 29 heavy (non-hydrogen) atoms. The average molecular weight is 399 g/mol. The van der Waals surface area contributed by atoms with Gasteiger partial charge in [-0.2, -0.15) is 5.10 Å². The lowest BCUT2D eigenvalue weighted by molar-refractivity contribution is 0.122. The molecule has 3 aromatic rings. The molecule has 0 amide bonds. The maximum atomic E-state index is 13.0. The number of ether oxygens (including phenoxy) is 1. The summed E-state index contributed by atoms with van der Waals surface area (Å²) in [5, 5.41) is 12.7. The average Bonchev–Trinajstić information content (AvgIpc) is 2.76. The summed E-state index contributed by atoms with van der Waals surface area (Å²) in [6, 6.07) is 8.25. The number of aromatic nitrogens is 3. The smallest absolute Gasteiger partial charge is 0.263 e. The van der Waals surface area contributed by atoms with Gasteiger partial charge in [0.2, 0.25) is 0 Å². The maximum absolute atomic E-state index is 13.0. The molecule has 0 saturated carbocycles. The van der Waals surface area contributed by atoms with Gasteiger partial charge in [0, 0.05) is 24.0 Å². The maximum Gasteiger partial charge on any atom is 0.263 e. The minimum absolute atomic E-state index is 0.00673. The molecule has 1 aliphatic rings. The van der Waals surface area contributed by atoms with E-state index in [1.807, 2.05) is 26.1 Å². The Labute approximate surface area is 167 Å². The molecule has 1 N–H and O–H groups in total. The van der Waals surface area contributed by atoms with Crippen LogP contribution in [0.1, 0.15) is 36.2 Å². The molecule has 3 heterocycles. The highest BCUT2D eigenvalue weighted by Crippen LogP contribution is 2.29. The number of nitrogens with zero attached hydrogens (tertiary/aromatic N) is 4. The van der Waals surface area contributed by atoms with Gasteiger partial charge < -0.3 is 15.0 Å². The lowest BCUT2D eigenvalue weighted by Crippen LogP contribution is -2.36. The van der Waals surface area contributed by atoms with Crippen molar-refractivity contribution in [2.45, 2.75) is 26.3 Å². The normalized spacial score (nSPS) is 15.7. The molecule has 0 bridgehead atoms. The van der Waals surface area contributed by atoms with Gasteiger partial charge in [0.15, 0.2) is 5.82 Å². The van der Waals surface area contributed by atoms with Crippen LogP contribution in [0.25, 0.3) is 10.9 Å². The Morgan fingerprint density at radius 1 is 1.10 bits per heavy atom. The first-order valence-electron chi connectivity index (χ1n) is 9.63. The minimum Gasteiger partial charge on any atom is -0.378 e. The number of anilines is 2. The molecule has 152 valence electrons. The van der Waals surface area contributed by atoms with Crippen LogP contribution < -0.4 is 10.2 Å². The second-order valence-electron chi connectivity index (χ2n) is 7.16. The second kappa shape index (κ2) is 8.24. The van der Waals surface area contributed by atoms with Crippen molar-refractivity contribution in [2.75, 3.05) is 36.5 Å². The molecular weight excluding hydrogens is 376 g/mol. The Morgan fingerprint density at radius 2 is 1.86 bits per heavy atom. The van der Waals surface area contributed by atoms with E-state index in [0.717, 1.165) is 40.9 Å². The predicted molar refractivity (Wildman–Crippen MR) is 109 cm³/mol. The van der Waals surface area contributed by atoms with Crippen LogP contribution >= 0.6 is 0 Å². The fraction of sp³-hybridized carbons (Fsp3) is 0.381. The molecule has 1 fully saturated rings. The van der Waals surface area contributed by atoms with E-state index in [1.165, 1.54) is 12.1 Å². The van der Waals surface area contributed by atoms with Crippen LogP contribution in [0, 0.1) is 6.92 Å². The zero-order valence-electron chi connectivity index (χ0n) is 16.4. The molecule has 0 radical (unpaired) electrons. The molecule has 1 saturated heterocycles. The Bertz CT molecular complexity index is 1010. The summed E-state index contributed by atoms with van der Waals surface area (Å²) in [6.07, 6.45) is -0.649. The molecule has 4 rings (SSSR count). The fourth-order valence-electron chi connectivity index (χ4n) is 3.50. The zero-order valence-corrected chi connectivity index (χ0v) is 16.4. The van der Waals surface area contributed by atoms with Gasteiger partial charge >= 0.3 is 0 Å². The molecule has 6 nitrogen and oxygen atoms in total. The van der Waals surface area contributed by atoms with Gasteiger partial charge in [0.1, 0.15) is 0 Å². The standard InChI is InChI=1S/C21H23F2N5O/c1-13(15-4-3-5-16(10-15)20(22)23)25-21-18-11-17(28-6-8-29-9-7-28)12-24-19(18)14(2)26-27-21/h3-5,10-13,20H,6-9H2,1-2H3,(H,25,27)/t13-/m1/s1. The third-order valence-corrected chi connectivity index (χ3v) is 5.16. The van der Waals surface area contributed by atoms with Crippen molar-refractivity contribution in [3.05, 3.63) is 53.3 Å². The lowest BCUT2D eigenvalue weighted by atomic mass is 10.0. The van der Waals surface area contributed by atoms with Crippen molar-refractivity contribution in [1.82, 2.24) is 15.2 Å². The van der Waals surface area contributed by atoms with E-state index in [4.69, 9.17) is 4.74 Å². The summed E-state index contributed by atoms with van der Waals surface area (Å²) in [7, 11) is 0. The second-order valence-corrected chi connectivity index (χ2v) is 7.16. The fourth-order valence-corrected chi connectivity index (χ4v) is 3.50. The largest absolute Gasteiger partial charge is 0.378 e. The highest BCUT2D eigenvalue weighted by Gasteiger charge is 2.17. The molecule has 0 spiro atoms. The van der Waals surface area contributed by atoms with Crippen molar-refractivity contribution >= 4 is 22.4 Å². The highest BCUT2D eigenvalue weighted by molar-refractivity contribution is 5.92. The number of morpholine rings is 1. The first-order chi connectivity index (χ1) is 14.0. The van der Waals surface area contributed by atoms with Crippen molar-refractivity contribution in [1.29, 1.82) is 0 Å². The SMILES string of the molecule is Cc1nnc(N[C@H](C)c2cccc(C(F)F)c2)c2cc(N3CCOCC3)cnc12. The van der Waals surface area contributed by atoms with E-state index >= 15 is 0 Å². The number of pyridine rings is 1. The first-order valence-corrected chi connectivity index (χ1v) is 9.63. The predicted octanol–water partition coefficient (Wildman–Crippen LogP) is 4.28. The number of rotatable bonds is 5. The number of fused-ring (bicyclic) bond motifs is 1. The van der Waals surface area contributed by atoms with Gasteiger partial charge in [-0.15, -0.1) is 5.10 Å². The summed E-state index contributed by atoms with van der Waals surface area (Å²) >= 11 is 0. The summed E-state index contributed by atoms with van der Waals surface area (Å²) in [5.41, 5.74) is 3.28. The van der Waals surface area contributed by atoms with E-state index in [2.05, 4.69) is 31.5 Å². The van der Waals surface area contributed by atoms with Crippen molar-refractivity contribution in [2.24, 2.45) is 0 Å². The third kappa shape index (κ3) is 4.12. The van der Waals surface area contributed by atoms with Gasteiger partial charge in [0.05, 0.1) is 42.4 Å². The van der Waals surface area contributed by atoms with Crippen LogP contribution in [-0.4, -0.2) is 41.5 Å². The van der Waals surface area contributed by atoms with Crippen LogP contribution in [0.3, 0.4) is 0 Å². The van der Waals surface area contributed by atoms with Crippen LogP contribution in [-0.2, 0) is 4.74 Å². The van der Waals surface area contributed by atoms with Gasteiger partial charge in [-0.05, 0) is 31.5 Å². The molecule has 1 aromatic carbocycles. The highest BCUT2D eigenvalue weighted by atomic mass is 19.3. The Hall–Kier alpha value is -2.87. The number of nitrogens with one attached hydrogen (secondary N) is 1. The third-order valence-electron chi connectivity index (χ3n) is 5.16. The molecule has 1 aliphatic heterocycles. The van der Waals surface area contributed by atoms with Crippen molar-refractivity contribution in [3.63, 3.8) is 0 Å². The van der Waals surface area contributed by atoms with Crippen molar-refractivity contribution in [3.8, 4) is 0 Å². The number of hydrogen-bond acceptors (Lipinski definition) is 6. The zero-order chi connectivity index (χ0) is 20.4. The monoisotopic (exact) mass is 399 g/mol. The Balaban J connectivity index is 1.67. The molecule has 0 aliphatic carbocycles. The number of hydrogen-bond donors (Lipinski definition) is 1. The molecular formula is C21H23F2N5O. The summed E-state index contributed by atoms with van der Waals surface area (Å²) in [5.74, 6) is 0.586. The van der Waals surface area contributed by atoms with Crippen LogP contribution in [0.15, 0.2) is 36.5 Å². The van der Waals surface area contributed by atoms with E-state index in [-0.39, 0.29) is 11.6 Å². The van der Waals surface area contributed by atoms with Crippen LogP contribution in [0.2, 0.25) is 0 Å². The van der Waals surface area contributed by atoms with Crippen molar-refractivity contribution < 1.29 is 13.5 Å². The molecule has 2 aromatic heterocycles. The topological polar surface area (TPSA) is 63.2 Å². The number of benzene rings is 1. The molecule has 8 heteroatoms. The van der Waals surface area contributed by atoms with Gasteiger partial charge in [-0.25, -0.2) is 8.78 Å². The molecule has 0 unspecified atom stereocenters. The Morgan fingerprint density at radius 3 is 2.62 bits per heavy atom. The van der Waals surface area contributed by atoms with Gasteiger partial charge in [-0.3, -0.25) is 4.98 Å². The van der Waals surface area contributed by atoms with Gasteiger partial charge in [-0.1, -0.05) is 18.2 Å². The van der Waals surface area contributed by atoms with E-state index in [0.29, 0.717) is 19.0 Å². The summed E-state index contributed by atoms with van der Waals surface area (Å²) in [4.78, 5) is 6.84. The van der Waals surface area contributed by atoms with E-state index in [1.54, 1.807) is 6.07 Å². The summed E-state index contributed by atoms with van der Waals surface area (Å²) in [6.45, 7) is 6.78.